The first-order chi connectivity index (χ1) is 17.6. The fraction of sp³-hybridized carbons (Fsp3) is 0.296. The summed E-state index contributed by atoms with van der Waals surface area (Å²) in [5.41, 5.74) is 4.96. The molecule has 0 aliphatic carbocycles. The Morgan fingerprint density at radius 1 is 1.08 bits per heavy atom. The molecule has 0 saturated heterocycles. The smallest absolute Gasteiger partial charge is 0.230 e. The maximum absolute atomic E-state index is 12.3. The summed E-state index contributed by atoms with van der Waals surface area (Å²) >= 11 is 13.7. The second-order valence-electron chi connectivity index (χ2n) is 9.57. The molecule has 7 nitrogen and oxygen atoms in total. The van der Waals surface area contributed by atoms with Gasteiger partial charge in [0.2, 0.25) is 11.1 Å². The maximum atomic E-state index is 12.3. The average molecular weight is 559 g/mol. The van der Waals surface area contributed by atoms with Crippen LogP contribution in [-0.4, -0.2) is 32.1 Å². The van der Waals surface area contributed by atoms with Crippen molar-refractivity contribution in [2.24, 2.45) is 0 Å². The molecule has 0 spiro atoms. The van der Waals surface area contributed by atoms with E-state index in [-0.39, 0.29) is 17.2 Å². The molecule has 4 aromatic rings. The number of halogens is 2. The average Bonchev–Trinajstić information content (AvgIpc) is 3.19. The van der Waals surface area contributed by atoms with E-state index < -0.39 is 0 Å². The lowest BCUT2D eigenvalue weighted by molar-refractivity contribution is -0.119. The number of hydrogen-bond donors (Lipinski definition) is 2. The normalized spacial score (nSPS) is 11.5. The first-order valence-electron chi connectivity index (χ1n) is 11.8. The van der Waals surface area contributed by atoms with Gasteiger partial charge < -0.3 is 15.5 Å². The zero-order valence-corrected chi connectivity index (χ0v) is 23.5. The molecule has 0 aliphatic heterocycles. The second-order valence-corrected chi connectivity index (χ2v) is 11.4. The molecule has 0 unspecified atom stereocenters. The molecule has 4 rings (SSSR count). The standard InChI is InChI=1S/C27H29Cl2N5O2S/c1-17-32-33-26(37-16-25(35)31-27(2,3)4)34(17)30-14-22-21-8-6-5-7-18(21)10-12-24(22)36-15-19-9-11-20(28)13-23(19)29/h5-13,30H,14-16H2,1-4H3,(H,31,35). The Kier molecular flexibility index (Phi) is 8.52. The van der Waals surface area contributed by atoms with Gasteiger partial charge in [-0.3, -0.25) is 4.79 Å². The van der Waals surface area contributed by atoms with Gasteiger partial charge in [-0.1, -0.05) is 71.4 Å². The van der Waals surface area contributed by atoms with E-state index in [1.54, 1.807) is 16.8 Å². The van der Waals surface area contributed by atoms with Crippen molar-refractivity contribution in [3.63, 3.8) is 0 Å². The molecule has 2 N–H and O–H groups in total. The number of aromatic nitrogens is 3. The van der Waals surface area contributed by atoms with Crippen LogP contribution in [0.25, 0.3) is 10.8 Å². The monoisotopic (exact) mass is 557 g/mol. The minimum Gasteiger partial charge on any atom is -0.488 e. The Balaban J connectivity index is 1.54. The Morgan fingerprint density at radius 3 is 2.62 bits per heavy atom. The Bertz CT molecular complexity index is 1420. The van der Waals surface area contributed by atoms with Gasteiger partial charge in [0, 0.05) is 26.7 Å². The van der Waals surface area contributed by atoms with Crippen molar-refractivity contribution in [3.8, 4) is 5.75 Å². The van der Waals surface area contributed by atoms with E-state index in [2.05, 4.69) is 33.1 Å². The molecule has 1 aromatic heterocycles. The summed E-state index contributed by atoms with van der Waals surface area (Å²) in [4.78, 5) is 12.3. The van der Waals surface area contributed by atoms with Crippen molar-refractivity contribution >= 4 is 51.6 Å². The van der Waals surface area contributed by atoms with Crippen molar-refractivity contribution in [3.05, 3.63) is 81.6 Å². The number of fused-ring (bicyclic) bond motifs is 1. The zero-order chi connectivity index (χ0) is 26.6. The first-order valence-corrected chi connectivity index (χ1v) is 13.5. The summed E-state index contributed by atoms with van der Waals surface area (Å²) in [5.74, 6) is 1.60. The highest BCUT2D eigenvalue weighted by Gasteiger charge is 2.17. The number of carbonyl (C=O) groups excluding carboxylic acids is 1. The molecule has 10 heteroatoms. The van der Waals surface area contributed by atoms with Gasteiger partial charge >= 0.3 is 0 Å². The number of thioether (sulfide) groups is 1. The fourth-order valence-corrected chi connectivity index (χ4v) is 5.01. The summed E-state index contributed by atoms with van der Waals surface area (Å²) in [6.45, 7) is 8.47. The van der Waals surface area contributed by atoms with E-state index in [0.717, 1.165) is 27.6 Å². The van der Waals surface area contributed by atoms with Gasteiger partial charge in [-0.15, -0.1) is 10.2 Å². The minimum atomic E-state index is -0.291. The van der Waals surface area contributed by atoms with Crippen molar-refractivity contribution in [1.29, 1.82) is 0 Å². The predicted molar refractivity (Wildman–Crippen MR) is 151 cm³/mol. The number of rotatable bonds is 9. The van der Waals surface area contributed by atoms with Crippen LogP contribution in [0, 0.1) is 6.92 Å². The molecule has 0 fully saturated rings. The molecule has 1 heterocycles. The summed E-state index contributed by atoms with van der Waals surface area (Å²) in [5, 5.41) is 15.3. The third-order valence-corrected chi connectivity index (χ3v) is 6.97. The molecule has 0 radical (unpaired) electrons. The second kappa shape index (κ2) is 11.6. The van der Waals surface area contributed by atoms with Gasteiger partial charge in [0.1, 0.15) is 18.2 Å². The van der Waals surface area contributed by atoms with Gasteiger partial charge in [-0.05, 0) is 56.7 Å². The molecule has 0 aliphatic rings. The van der Waals surface area contributed by atoms with Gasteiger partial charge in [-0.25, -0.2) is 4.68 Å². The van der Waals surface area contributed by atoms with Crippen molar-refractivity contribution in [1.82, 2.24) is 20.2 Å². The van der Waals surface area contributed by atoms with Gasteiger partial charge in [0.25, 0.3) is 0 Å². The molecule has 3 aromatic carbocycles. The highest BCUT2D eigenvalue weighted by Crippen LogP contribution is 2.30. The Labute approximate surface area is 230 Å². The lowest BCUT2D eigenvalue weighted by Crippen LogP contribution is -2.41. The van der Waals surface area contributed by atoms with Crippen LogP contribution >= 0.6 is 35.0 Å². The van der Waals surface area contributed by atoms with Gasteiger partial charge in [0.15, 0.2) is 0 Å². The van der Waals surface area contributed by atoms with E-state index in [9.17, 15) is 4.79 Å². The first kappa shape index (κ1) is 27.1. The molecule has 0 atom stereocenters. The quantitative estimate of drug-likeness (QED) is 0.232. The third-order valence-electron chi connectivity index (χ3n) is 5.45. The number of carbonyl (C=O) groups is 1. The number of hydrogen-bond acceptors (Lipinski definition) is 6. The SMILES string of the molecule is Cc1nnc(SCC(=O)NC(C)(C)C)n1NCc1c(OCc2ccc(Cl)cc2Cl)ccc2ccccc12. The van der Waals surface area contributed by atoms with Crippen molar-refractivity contribution in [2.45, 2.75) is 51.5 Å². The summed E-state index contributed by atoms with van der Waals surface area (Å²) in [6.07, 6.45) is 0. The molecule has 0 bridgehead atoms. The van der Waals surface area contributed by atoms with Crippen LogP contribution in [0.4, 0.5) is 0 Å². The van der Waals surface area contributed by atoms with Crippen LogP contribution in [0.5, 0.6) is 5.75 Å². The lowest BCUT2D eigenvalue weighted by Gasteiger charge is -2.20. The fourth-order valence-electron chi connectivity index (χ4n) is 3.79. The predicted octanol–water partition coefficient (Wildman–Crippen LogP) is 6.38. The van der Waals surface area contributed by atoms with Crippen LogP contribution in [-0.2, 0) is 17.9 Å². The maximum Gasteiger partial charge on any atom is 0.230 e. The minimum absolute atomic E-state index is 0.0599. The zero-order valence-electron chi connectivity index (χ0n) is 21.1. The molecule has 194 valence electrons. The Morgan fingerprint density at radius 2 is 1.86 bits per heavy atom. The van der Waals surface area contributed by atoms with E-state index in [4.69, 9.17) is 27.9 Å². The van der Waals surface area contributed by atoms with E-state index in [1.807, 2.05) is 58.0 Å². The third kappa shape index (κ3) is 7.09. The lowest BCUT2D eigenvalue weighted by atomic mass is 10.0. The number of aryl methyl sites for hydroxylation is 1. The van der Waals surface area contributed by atoms with Crippen molar-refractivity contribution in [2.75, 3.05) is 11.2 Å². The van der Waals surface area contributed by atoms with Gasteiger partial charge in [-0.2, -0.15) is 0 Å². The topological polar surface area (TPSA) is 81.1 Å². The van der Waals surface area contributed by atoms with E-state index in [0.29, 0.717) is 34.2 Å². The number of amides is 1. The Hall–Kier alpha value is -2.94. The number of benzene rings is 3. The van der Waals surface area contributed by atoms with E-state index >= 15 is 0 Å². The molecular weight excluding hydrogens is 529 g/mol. The van der Waals surface area contributed by atoms with Crippen LogP contribution in [0.2, 0.25) is 10.0 Å². The van der Waals surface area contributed by atoms with Crippen molar-refractivity contribution < 1.29 is 9.53 Å². The highest BCUT2D eigenvalue weighted by atomic mass is 35.5. The number of nitrogens with zero attached hydrogens (tertiary/aromatic N) is 3. The molecule has 1 amide bonds. The molecule has 0 saturated carbocycles. The number of ether oxygens (including phenoxy) is 1. The summed E-state index contributed by atoms with van der Waals surface area (Å²) in [7, 11) is 0. The van der Waals surface area contributed by atoms with E-state index in [1.165, 1.54) is 11.8 Å². The largest absolute Gasteiger partial charge is 0.488 e. The summed E-state index contributed by atoms with van der Waals surface area (Å²) < 4.78 is 8.04. The highest BCUT2D eigenvalue weighted by molar-refractivity contribution is 7.99. The summed E-state index contributed by atoms with van der Waals surface area (Å²) in [6, 6.07) is 17.5. The van der Waals surface area contributed by atoms with Gasteiger partial charge in [0.05, 0.1) is 12.3 Å². The van der Waals surface area contributed by atoms with Crippen LogP contribution in [0.1, 0.15) is 37.7 Å². The van der Waals surface area contributed by atoms with Crippen LogP contribution in [0.3, 0.4) is 0 Å². The molecule has 37 heavy (non-hydrogen) atoms. The van der Waals surface area contributed by atoms with Crippen LogP contribution < -0.4 is 15.5 Å². The van der Waals surface area contributed by atoms with Crippen LogP contribution in [0.15, 0.2) is 59.8 Å². The number of nitrogens with one attached hydrogen (secondary N) is 2. The molecular formula is C27H29Cl2N5O2S.